The van der Waals surface area contributed by atoms with E-state index in [2.05, 4.69) is 11.9 Å². The second-order valence-corrected chi connectivity index (χ2v) is 5.62. The van der Waals surface area contributed by atoms with Crippen LogP contribution >= 0.6 is 0 Å². The molecule has 4 nitrogen and oxygen atoms in total. The zero-order valence-electron chi connectivity index (χ0n) is 12.0. The first-order chi connectivity index (χ1) is 8.99. The summed E-state index contributed by atoms with van der Waals surface area (Å²) < 4.78 is 0. The van der Waals surface area contributed by atoms with Crippen molar-refractivity contribution in [2.45, 2.75) is 13.3 Å². The van der Waals surface area contributed by atoms with Crippen molar-refractivity contribution >= 4 is 11.6 Å². The van der Waals surface area contributed by atoms with Crippen LogP contribution < -0.4 is 5.73 Å². The first-order valence-corrected chi connectivity index (χ1v) is 6.78. The van der Waals surface area contributed by atoms with E-state index in [4.69, 9.17) is 5.73 Å². The van der Waals surface area contributed by atoms with E-state index < -0.39 is 0 Å². The summed E-state index contributed by atoms with van der Waals surface area (Å²) in [6.07, 6.45) is 1.17. The van der Waals surface area contributed by atoms with Gasteiger partial charge in [0.25, 0.3) is 5.91 Å². The molecule has 0 aliphatic carbocycles. The van der Waals surface area contributed by atoms with Crippen LogP contribution in [0.25, 0.3) is 0 Å². The number of likely N-dealkylation sites (tertiary alicyclic amines) is 1. The van der Waals surface area contributed by atoms with Gasteiger partial charge < -0.3 is 15.5 Å². The summed E-state index contributed by atoms with van der Waals surface area (Å²) >= 11 is 0. The number of hydrogen-bond donors (Lipinski definition) is 1. The fourth-order valence-electron chi connectivity index (χ4n) is 2.74. The number of amides is 1. The quantitative estimate of drug-likeness (QED) is 0.841. The fraction of sp³-hybridized carbons (Fsp3) is 0.533. The lowest BCUT2D eigenvalue weighted by molar-refractivity contribution is 0.0773. The third kappa shape index (κ3) is 3.07. The maximum atomic E-state index is 12.4. The van der Waals surface area contributed by atoms with Gasteiger partial charge in [-0.15, -0.1) is 0 Å². The van der Waals surface area contributed by atoms with Crippen LogP contribution in [0.15, 0.2) is 18.2 Å². The summed E-state index contributed by atoms with van der Waals surface area (Å²) in [4.78, 5) is 16.6. The molecule has 19 heavy (non-hydrogen) atoms. The molecule has 2 N–H and O–H groups in total. The number of benzene rings is 1. The van der Waals surface area contributed by atoms with Crippen LogP contribution in [0, 0.1) is 12.8 Å². The molecule has 0 aromatic heterocycles. The van der Waals surface area contributed by atoms with E-state index in [1.165, 1.54) is 6.42 Å². The van der Waals surface area contributed by atoms with Gasteiger partial charge in [-0.2, -0.15) is 0 Å². The molecule has 1 fully saturated rings. The molecule has 0 bridgehead atoms. The Hall–Kier alpha value is -1.55. The van der Waals surface area contributed by atoms with Crippen molar-refractivity contribution in [1.82, 2.24) is 9.80 Å². The number of nitrogen functional groups attached to an aromatic ring is 1. The molecular weight excluding hydrogens is 238 g/mol. The van der Waals surface area contributed by atoms with Crippen LogP contribution in [-0.2, 0) is 0 Å². The van der Waals surface area contributed by atoms with Crippen LogP contribution in [0.1, 0.15) is 22.3 Å². The van der Waals surface area contributed by atoms with Gasteiger partial charge in [0.05, 0.1) is 0 Å². The van der Waals surface area contributed by atoms with E-state index in [0.29, 0.717) is 17.2 Å². The summed E-state index contributed by atoms with van der Waals surface area (Å²) in [5.74, 6) is 0.652. The van der Waals surface area contributed by atoms with Crippen LogP contribution in [0.2, 0.25) is 0 Å². The highest BCUT2D eigenvalue weighted by Gasteiger charge is 2.23. The molecule has 104 valence electrons. The van der Waals surface area contributed by atoms with Crippen molar-refractivity contribution in [1.29, 1.82) is 0 Å². The maximum Gasteiger partial charge on any atom is 0.253 e. The van der Waals surface area contributed by atoms with Crippen LogP contribution in [-0.4, -0.2) is 49.4 Å². The smallest absolute Gasteiger partial charge is 0.253 e. The largest absolute Gasteiger partial charge is 0.398 e. The summed E-state index contributed by atoms with van der Waals surface area (Å²) in [7, 11) is 4.01. The van der Waals surface area contributed by atoms with Gasteiger partial charge in [-0.05, 0) is 50.6 Å². The topological polar surface area (TPSA) is 49.6 Å². The number of hydrogen-bond acceptors (Lipinski definition) is 3. The van der Waals surface area contributed by atoms with Gasteiger partial charge in [-0.1, -0.05) is 6.07 Å². The molecule has 1 amide bonds. The molecule has 0 radical (unpaired) electrons. The van der Waals surface area contributed by atoms with E-state index in [0.717, 1.165) is 25.2 Å². The standard InChI is InChI=1S/C15H23N3O/c1-11-13(5-4-6-14(11)16)15(19)18(3)10-12-7-8-17(2)9-12/h4-6,12H,7-10,16H2,1-3H3. The highest BCUT2D eigenvalue weighted by molar-refractivity contribution is 5.96. The lowest BCUT2D eigenvalue weighted by Gasteiger charge is -2.22. The number of carbonyl (C=O) groups excluding carboxylic acids is 1. The Labute approximate surface area is 115 Å². The zero-order valence-corrected chi connectivity index (χ0v) is 12.0. The Morgan fingerprint density at radius 2 is 2.26 bits per heavy atom. The van der Waals surface area contributed by atoms with Gasteiger partial charge in [0.1, 0.15) is 0 Å². The van der Waals surface area contributed by atoms with Gasteiger partial charge in [-0.3, -0.25) is 4.79 Å². The average molecular weight is 261 g/mol. The minimum atomic E-state index is 0.0688. The predicted octanol–water partition coefficient (Wildman–Crippen LogP) is 1.60. The number of carbonyl (C=O) groups is 1. The van der Waals surface area contributed by atoms with Crippen LogP contribution in [0.3, 0.4) is 0 Å². The Bertz CT molecular complexity index is 472. The second-order valence-electron chi connectivity index (χ2n) is 5.62. The van der Waals surface area contributed by atoms with E-state index in [1.807, 2.05) is 37.1 Å². The molecule has 0 spiro atoms. The summed E-state index contributed by atoms with van der Waals surface area (Å²) in [6, 6.07) is 5.52. The SMILES string of the molecule is Cc1c(N)cccc1C(=O)N(C)CC1CCN(C)C1. The number of nitrogens with zero attached hydrogens (tertiary/aromatic N) is 2. The highest BCUT2D eigenvalue weighted by atomic mass is 16.2. The Kier molecular flexibility index (Phi) is 4.10. The first kappa shape index (κ1) is 13.9. The molecule has 0 saturated carbocycles. The van der Waals surface area contributed by atoms with E-state index in [-0.39, 0.29) is 5.91 Å². The maximum absolute atomic E-state index is 12.4. The summed E-state index contributed by atoms with van der Waals surface area (Å²) in [5, 5.41) is 0. The molecular formula is C15H23N3O. The predicted molar refractivity (Wildman–Crippen MR) is 78.2 cm³/mol. The van der Waals surface area contributed by atoms with Gasteiger partial charge in [-0.25, -0.2) is 0 Å². The molecule has 1 unspecified atom stereocenters. The lowest BCUT2D eigenvalue weighted by atomic mass is 10.0. The number of anilines is 1. The Morgan fingerprint density at radius 1 is 1.53 bits per heavy atom. The van der Waals surface area contributed by atoms with Crippen LogP contribution in [0.4, 0.5) is 5.69 Å². The molecule has 1 aliphatic heterocycles. The molecule has 1 saturated heterocycles. The van der Waals surface area contributed by atoms with E-state index in [1.54, 1.807) is 0 Å². The second kappa shape index (κ2) is 5.61. The van der Waals surface area contributed by atoms with Crippen molar-refractivity contribution in [2.75, 3.05) is 39.5 Å². The Morgan fingerprint density at radius 3 is 2.89 bits per heavy atom. The fourth-order valence-corrected chi connectivity index (χ4v) is 2.74. The molecule has 4 heteroatoms. The van der Waals surface area contributed by atoms with Crippen molar-refractivity contribution in [3.63, 3.8) is 0 Å². The van der Waals surface area contributed by atoms with E-state index >= 15 is 0 Å². The monoisotopic (exact) mass is 261 g/mol. The average Bonchev–Trinajstić information content (AvgIpc) is 2.77. The van der Waals surface area contributed by atoms with Crippen molar-refractivity contribution < 1.29 is 4.79 Å². The first-order valence-electron chi connectivity index (χ1n) is 6.78. The van der Waals surface area contributed by atoms with Crippen molar-refractivity contribution in [2.24, 2.45) is 5.92 Å². The zero-order chi connectivity index (χ0) is 14.0. The molecule has 1 aromatic rings. The molecule has 1 heterocycles. The third-order valence-corrected chi connectivity index (χ3v) is 3.97. The van der Waals surface area contributed by atoms with Crippen LogP contribution in [0.5, 0.6) is 0 Å². The number of nitrogens with two attached hydrogens (primary N) is 1. The lowest BCUT2D eigenvalue weighted by Crippen LogP contribution is -2.33. The Balaban J connectivity index is 2.04. The van der Waals surface area contributed by atoms with Gasteiger partial charge in [0.2, 0.25) is 0 Å². The molecule has 1 aliphatic rings. The molecule has 1 aromatic carbocycles. The third-order valence-electron chi connectivity index (χ3n) is 3.97. The summed E-state index contributed by atoms with van der Waals surface area (Å²) in [5.41, 5.74) is 8.14. The number of rotatable bonds is 3. The van der Waals surface area contributed by atoms with Gasteiger partial charge >= 0.3 is 0 Å². The minimum absolute atomic E-state index is 0.0688. The molecule has 2 rings (SSSR count). The molecule has 1 atom stereocenters. The van der Waals surface area contributed by atoms with Crippen molar-refractivity contribution in [3.8, 4) is 0 Å². The van der Waals surface area contributed by atoms with E-state index in [9.17, 15) is 4.79 Å². The highest BCUT2D eigenvalue weighted by Crippen LogP contribution is 2.19. The normalized spacial score (nSPS) is 19.6. The summed E-state index contributed by atoms with van der Waals surface area (Å²) in [6.45, 7) is 4.93. The van der Waals surface area contributed by atoms with Gasteiger partial charge in [0.15, 0.2) is 0 Å². The minimum Gasteiger partial charge on any atom is -0.398 e. The van der Waals surface area contributed by atoms with Gasteiger partial charge in [0, 0.05) is 31.4 Å². The van der Waals surface area contributed by atoms with Crippen molar-refractivity contribution in [3.05, 3.63) is 29.3 Å².